The molecule has 0 amide bonds. The average Bonchev–Trinajstić information content (AvgIpc) is 2.90. The molecule has 0 unspecified atom stereocenters. The molecule has 0 aliphatic rings. The molecule has 0 aliphatic carbocycles. The SMILES string of the molecule is C=CCC[c-]1cccc1.[Cl-].[Cl-].[Zr+4].c1cc[cH-]c1. The van der Waals surface area contributed by atoms with E-state index in [0.717, 1.165) is 12.8 Å². The molecule has 0 aromatic heterocycles. The molecule has 2 rings (SSSR count). The number of rotatable bonds is 3. The van der Waals surface area contributed by atoms with Gasteiger partial charge in [0.05, 0.1) is 0 Å². The van der Waals surface area contributed by atoms with E-state index in [1.54, 1.807) is 0 Å². The van der Waals surface area contributed by atoms with Crippen molar-refractivity contribution in [1.29, 1.82) is 0 Å². The van der Waals surface area contributed by atoms with Crippen molar-refractivity contribution in [1.82, 2.24) is 0 Å². The minimum atomic E-state index is 0. The molecule has 0 saturated heterocycles. The van der Waals surface area contributed by atoms with Gasteiger partial charge in [0.1, 0.15) is 0 Å². The van der Waals surface area contributed by atoms with Gasteiger partial charge >= 0.3 is 26.2 Å². The van der Waals surface area contributed by atoms with E-state index in [1.807, 2.05) is 36.4 Å². The summed E-state index contributed by atoms with van der Waals surface area (Å²) in [6.07, 6.45) is 4.17. The Kier molecular flexibility index (Phi) is 20.7. The Morgan fingerprint density at radius 2 is 1.53 bits per heavy atom. The maximum Gasteiger partial charge on any atom is 4.00 e. The van der Waals surface area contributed by atoms with Crippen molar-refractivity contribution < 1.29 is 51.0 Å². The summed E-state index contributed by atoms with van der Waals surface area (Å²) in [5.74, 6) is 0. The Balaban J connectivity index is -0.000000216. The second-order valence-electron chi connectivity index (χ2n) is 3.08. The van der Waals surface area contributed by atoms with Gasteiger partial charge in [-0.2, -0.15) is 35.9 Å². The molecular weight excluding hydrogens is 330 g/mol. The van der Waals surface area contributed by atoms with Crippen LogP contribution < -0.4 is 24.8 Å². The van der Waals surface area contributed by atoms with E-state index in [4.69, 9.17) is 0 Å². The van der Waals surface area contributed by atoms with Gasteiger partial charge in [-0.15, -0.1) is 6.58 Å². The molecule has 0 nitrogen and oxygen atoms in total. The number of aryl methyl sites for hydroxylation is 1. The molecule has 0 spiro atoms. The number of hydrogen-bond donors (Lipinski definition) is 0. The first kappa shape index (κ1) is 22.1. The molecule has 0 bridgehead atoms. The first-order valence-electron chi connectivity index (χ1n) is 4.91. The van der Waals surface area contributed by atoms with Crippen LogP contribution in [0.2, 0.25) is 0 Å². The van der Waals surface area contributed by atoms with Crippen molar-refractivity contribution in [3.05, 3.63) is 72.8 Å². The maximum atomic E-state index is 3.66. The van der Waals surface area contributed by atoms with E-state index in [2.05, 4.69) is 30.8 Å². The first-order chi connectivity index (χ1) is 6.93. The van der Waals surface area contributed by atoms with Crippen molar-refractivity contribution in [2.75, 3.05) is 0 Å². The molecule has 2 aromatic carbocycles. The molecule has 0 aliphatic heterocycles. The summed E-state index contributed by atoms with van der Waals surface area (Å²) in [5, 5.41) is 0. The predicted molar refractivity (Wildman–Crippen MR) is 62.6 cm³/mol. The second kappa shape index (κ2) is 15.9. The largest absolute Gasteiger partial charge is 4.00 e. The smallest absolute Gasteiger partial charge is 1.00 e. The Morgan fingerprint density at radius 1 is 1.00 bits per heavy atom. The standard InChI is InChI=1S/C9H11.C5H5.2ClH.Zr/c1-2-3-6-9-7-4-5-8-9;1-2-4-5-3-1;;;/h2,4-5,7-8H,1,3,6H2;1-5H;2*1H;/q2*-1;;;+4/p-2. The van der Waals surface area contributed by atoms with Gasteiger partial charge < -0.3 is 24.8 Å². The number of hydrogen-bond acceptors (Lipinski definition) is 0. The fraction of sp³-hybridized carbons (Fsp3) is 0.143. The fourth-order valence-electron chi connectivity index (χ4n) is 1.17. The van der Waals surface area contributed by atoms with E-state index in [1.165, 1.54) is 5.56 Å². The quantitative estimate of drug-likeness (QED) is 0.443. The molecule has 0 saturated carbocycles. The van der Waals surface area contributed by atoms with Crippen LogP contribution in [0.4, 0.5) is 0 Å². The predicted octanol–water partition coefficient (Wildman–Crippen LogP) is -2.06. The van der Waals surface area contributed by atoms with Gasteiger partial charge in [0, 0.05) is 0 Å². The molecule has 0 heterocycles. The fourth-order valence-corrected chi connectivity index (χ4v) is 1.17. The van der Waals surface area contributed by atoms with Crippen LogP contribution in [-0.2, 0) is 32.6 Å². The number of halogens is 2. The zero-order chi connectivity index (χ0) is 10.1. The minimum absolute atomic E-state index is 0. The molecule has 90 valence electrons. The van der Waals surface area contributed by atoms with E-state index in [-0.39, 0.29) is 51.0 Å². The van der Waals surface area contributed by atoms with Crippen molar-refractivity contribution in [2.24, 2.45) is 0 Å². The molecule has 17 heavy (non-hydrogen) atoms. The van der Waals surface area contributed by atoms with Gasteiger partial charge in [-0.05, 0) is 6.42 Å². The molecule has 0 N–H and O–H groups in total. The Hall–Kier alpha value is -0.0969. The molecule has 2 aromatic rings. The second-order valence-corrected chi connectivity index (χ2v) is 3.08. The summed E-state index contributed by atoms with van der Waals surface area (Å²) >= 11 is 0. The first-order valence-corrected chi connectivity index (χ1v) is 4.91. The summed E-state index contributed by atoms with van der Waals surface area (Å²) in [6, 6.07) is 18.4. The zero-order valence-corrected chi connectivity index (χ0v) is 13.6. The molecule has 0 atom stereocenters. The van der Waals surface area contributed by atoms with Crippen LogP contribution in [0.3, 0.4) is 0 Å². The monoisotopic (exact) mass is 344 g/mol. The van der Waals surface area contributed by atoms with Crippen LogP contribution in [0.25, 0.3) is 0 Å². The normalized spacial score (nSPS) is 7.29. The van der Waals surface area contributed by atoms with Gasteiger partial charge in [0.15, 0.2) is 0 Å². The van der Waals surface area contributed by atoms with Crippen molar-refractivity contribution in [2.45, 2.75) is 12.8 Å². The summed E-state index contributed by atoms with van der Waals surface area (Å²) in [5.41, 5.74) is 1.41. The Labute approximate surface area is 136 Å². The molecule has 0 fully saturated rings. The van der Waals surface area contributed by atoms with Gasteiger partial charge in [0.2, 0.25) is 0 Å². The topological polar surface area (TPSA) is 0 Å². The van der Waals surface area contributed by atoms with Crippen LogP contribution in [0.1, 0.15) is 12.0 Å². The molecular formula is C14H16Cl2Zr. The van der Waals surface area contributed by atoms with E-state index in [0.29, 0.717) is 0 Å². The maximum absolute atomic E-state index is 3.66. The van der Waals surface area contributed by atoms with Crippen LogP contribution in [-0.4, -0.2) is 0 Å². The zero-order valence-electron chi connectivity index (χ0n) is 9.65. The summed E-state index contributed by atoms with van der Waals surface area (Å²) in [4.78, 5) is 0. The third-order valence-electron chi connectivity index (χ3n) is 1.92. The Morgan fingerprint density at radius 3 is 1.88 bits per heavy atom. The van der Waals surface area contributed by atoms with Crippen LogP contribution in [0, 0.1) is 0 Å². The average molecular weight is 346 g/mol. The third-order valence-corrected chi connectivity index (χ3v) is 1.92. The Bertz CT molecular complexity index is 295. The van der Waals surface area contributed by atoms with Gasteiger partial charge in [-0.1, -0.05) is 12.5 Å². The van der Waals surface area contributed by atoms with E-state index < -0.39 is 0 Å². The van der Waals surface area contributed by atoms with E-state index in [9.17, 15) is 0 Å². The molecule has 0 radical (unpaired) electrons. The van der Waals surface area contributed by atoms with Crippen LogP contribution in [0.15, 0.2) is 67.3 Å². The van der Waals surface area contributed by atoms with E-state index >= 15 is 0 Å². The summed E-state index contributed by atoms with van der Waals surface area (Å²) in [7, 11) is 0. The third kappa shape index (κ3) is 12.2. The van der Waals surface area contributed by atoms with Crippen LogP contribution in [0.5, 0.6) is 0 Å². The van der Waals surface area contributed by atoms with Crippen molar-refractivity contribution in [3.8, 4) is 0 Å². The number of allylic oxidation sites excluding steroid dienone is 1. The summed E-state index contributed by atoms with van der Waals surface area (Å²) in [6.45, 7) is 3.66. The van der Waals surface area contributed by atoms with Crippen molar-refractivity contribution >= 4 is 0 Å². The minimum Gasteiger partial charge on any atom is -1.00 e. The molecule has 3 heteroatoms. The summed E-state index contributed by atoms with van der Waals surface area (Å²) < 4.78 is 0. The van der Waals surface area contributed by atoms with Gasteiger partial charge in [0.25, 0.3) is 0 Å². The van der Waals surface area contributed by atoms with Gasteiger partial charge in [-0.3, -0.25) is 0 Å². The van der Waals surface area contributed by atoms with Crippen LogP contribution >= 0.6 is 0 Å². The van der Waals surface area contributed by atoms with Crippen molar-refractivity contribution in [3.63, 3.8) is 0 Å². The van der Waals surface area contributed by atoms with Gasteiger partial charge in [-0.25, -0.2) is 24.3 Å².